The van der Waals surface area contributed by atoms with Crippen molar-refractivity contribution >= 4 is 51.1 Å². The maximum absolute atomic E-state index is 13.0. The molecule has 3 aromatic rings. The van der Waals surface area contributed by atoms with Crippen LogP contribution >= 0.6 is 22.6 Å². The van der Waals surface area contributed by atoms with Crippen molar-refractivity contribution in [2.24, 2.45) is 5.41 Å². The number of nitrogens with one attached hydrogen (secondary N) is 1. The summed E-state index contributed by atoms with van der Waals surface area (Å²) in [6.07, 6.45) is 2.29. The number of rotatable bonds is 8. The van der Waals surface area contributed by atoms with Crippen LogP contribution in [0.5, 0.6) is 5.75 Å². The Labute approximate surface area is 206 Å². The van der Waals surface area contributed by atoms with Gasteiger partial charge in [0, 0.05) is 26.0 Å². The smallest absolute Gasteiger partial charge is 0.412 e. The fraction of sp³-hybridized carbons (Fsp3) is 0.231. The zero-order chi connectivity index (χ0) is 24.0. The second-order valence-electron chi connectivity index (χ2n) is 8.41. The van der Waals surface area contributed by atoms with E-state index in [4.69, 9.17) is 9.84 Å². The number of hydrogen-bond donors (Lipinski definition) is 3. The molecule has 172 valence electrons. The molecule has 0 aromatic heterocycles. The fourth-order valence-corrected chi connectivity index (χ4v) is 4.25. The average molecular weight is 559 g/mol. The second-order valence-corrected chi connectivity index (χ2v) is 9.65. The van der Waals surface area contributed by atoms with Gasteiger partial charge in [0.25, 0.3) is 0 Å². The van der Waals surface area contributed by atoms with Crippen molar-refractivity contribution in [3.8, 4) is 5.75 Å². The van der Waals surface area contributed by atoms with E-state index in [9.17, 15) is 14.7 Å². The lowest BCUT2D eigenvalue weighted by Gasteiger charge is -2.34. The van der Waals surface area contributed by atoms with Crippen LogP contribution in [0.2, 0.25) is 0 Å². The first kappa shape index (κ1) is 24.6. The Morgan fingerprint density at radius 2 is 1.85 bits per heavy atom. The number of benzene rings is 3. The van der Waals surface area contributed by atoms with Gasteiger partial charge in [0.15, 0.2) is 0 Å². The van der Waals surface area contributed by atoms with Crippen molar-refractivity contribution in [2.45, 2.75) is 32.8 Å². The fourth-order valence-electron chi connectivity index (χ4n) is 3.73. The minimum absolute atomic E-state index is 0.0347. The predicted molar refractivity (Wildman–Crippen MR) is 137 cm³/mol. The van der Waals surface area contributed by atoms with Crippen LogP contribution in [-0.4, -0.2) is 22.3 Å². The first-order valence-corrected chi connectivity index (χ1v) is 11.6. The van der Waals surface area contributed by atoms with Gasteiger partial charge in [-0.05, 0) is 65.1 Å². The number of hydrogen-bond acceptors (Lipinski definition) is 4. The molecule has 0 heterocycles. The Kier molecular flexibility index (Phi) is 7.97. The highest BCUT2D eigenvalue weighted by Crippen LogP contribution is 2.44. The van der Waals surface area contributed by atoms with E-state index in [0.717, 1.165) is 20.4 Å². The van der Waals surface area contributed by atoms with Crippen LogP contribution in [0, 0.1) is 8.99 Å². The molecule has 0 bridgehead atoms. The van der Waals surface area contributed by atoms with Crippen LogP contribution in [0.3, 0.4) is 0 Å². The molecular formula is C26H26INO5. The lowest BCUT2D eigenvalue weighted by Crippen LogP contribution is -2.29. The van der Waals surface area contributed by atoms with E-state index in [0.29, 0.717) is 24.1 Å². The predicted octanol–water partition coefficient (Wildman–Crippen LogP) is 6.89. The normalized spacial score (nSPS) is 12.6. The Balaban J connectivity index is 1.88. The second kappa shape index (κ2) is 10.7. The standard InChI is InChI=1S/C26H26INO5/c1-26(2,15-6-5-12-23(30)31)24(20-16-18(27)13-14-22(20)29)33-25(32)28-21-11-7-9-17-8-3-4-10-19(17)21/h3-5,7-14,16,24,29H,6,15H2,1-2H3,(H,28,32)(H,30,31)/b12-5+/t24-/m0/s1. The van der Waals surface area contributed by atoms with E-state index < -0.39 is 23.6 Å². The molecule has 0 spiro atoms. The van der Waals surface area contributed by atoms with Gasteiger partial charge in [0.1, 0.15) is 11.9 Å². The maximum Gasteiger partial charge on any atom is 0.412 e. The number of halogens is 1. The summed E-state index contributed by atoms with van der Waals surface area (Å²) in [5, 5.41) is 24.1. The topological polar surface area (TPSA) is 95.9 Å². The van der Waals surface area contributed by atoms with E-state index in [1.807, 2.05) is 56.3 Å². The number of amides is 1. The Morgan fingerprint density at radius 3 is 2.61 bits per heavy atom. The number of carboxylic acids is 1. The molecule has 6 nitrogen and oxygen atoms in total. The molecule has 0 unspecified atom stereocenters. The molecule has 3 N–H and O–H groups in total. The zero-order valence-corrected chi connectivity index (χ0v) is 20.6. The minimum Gasteiger partial charge on any atom is -0.508 e. The van der Waals surface area contributed by atoms with Gasteiger partial charge in [-0.15, -0.1) is 0 Å². The van der Waals surface area contributed by atoms with Crippen molar-refractivity contribution in [2.75, 3.05) is 5.32 Å². The number of aliphatic carboxylic acids is 1. The van der Waals surface area contributed by atoms with E-state index in [1.54, 1.807) is 24.3 Å². The molecule has 1 amide bonds. The van der Waals surface area contributed by atoms with E-state index in [-0.39, 0.29) is 5.75 Å². The number of ether oxygens (including phenoxy) is 1. The first-order chi connectivity index (χ1) is 15.7. The van der Waals surface area contributed by atoms with Gasteiger partial charge in [-0.2, -0.15) is 0 Å². The molecule has 0 aliphatic heterocycles. The summed E-state index contributed by atoms with van der Waals surface area (Å²) in [6.45, 7) is 3.85. The number of carboxylic acid groups (broad SMARTS) is 1. The lowest BCUT2D eigenvalue weighted by atomic mass is 9.78. The summed E-state index contributed by atoms with van der Waals surface area (Å²) in [7, 11) is 0. The van der Waals surface area contributed by atoms with Crippen molar-refractivity contribution in [3.05, 3.63) is 81.9 Å². The number of fused-ring (bicyclic) bond motifs is 1. The van der Waals surface area contributed by atoms with Crippen molar-refractivity contribution in [3.63, 3.8) is 0 Å². The molecule has 7 heteroatoms. The van der Waals surface area contributed by atoms with Gasteiger partial charge < -0.3 is 14.9 Å². The van der Waals surface area contributed by atoms with Crippen molar-refractivity contribution in [1.82, 2.24) is 0 Å². The quantitative estimate of drug-likeness (QED) is 0.207. The molecule has 3 aromatic carbocycles. The third-order valence-electron chi connectivity index (χ3n) is 5.45. The number of anilines is 1. The summed E-state index contributed by atoms with van der Waals surface area (Å²) < 4.78 is 6.81. The Morgan fingerprint density at radius 1 is 1.12 bits per heavy atom. The molecular weight excluding hydrogens is 533 g/mol. The zero-order valence-electron chi connectivity index (χ0n) is 18.4. The molecule has 0 saturated carbocycles. The summed E-state index contributed by atoms with van der Waals surface area (Å²) in [6, 6.07) is 18.5. The van der Waals surface area contributed by atoms with Crippen LogP contribution < -0.4 is 5.32 Å². The Hall–Kier alpha value is -3.07. The molecule has 3 rings (SSSR count). The maximum atomic E-state index is 13.0. The number of aromatic hydroxyl groups is 1. The van der Waals surface area contributed by atoms with E-state index >= 15 is 0 Å². The van der Waals surface area contributed by atoms with Crippen molar-refractivity contribution in [1.29, 1.82) is 0 Å². The Bertz CT molecular complexity index is 1180. The highest BCUT2D eigenvalue weighted by atomic mass is 127. The molecule has 1 atom stereocenters. The molecule has 0 radical (unpaired) electrons. The molecule has 0 saturated heterocycles. The van der Waals surface area contributed by atoms with Gasteiger partial charge >= 0.3 is 12.1 Å². The highest BCUT2D eigenvalue weighted by Gasteiger charge is 2.35. The third-order valence-corrected chi connectivity index (χ3v) is 6.12. The largest absolute Gasteiger partial charge is 0.508 e. The van der Waals surface area contributed by atoms with Crippen LogP contribution in [0.25, 0.3) is 10.8 Å². The lowest BCUT2D eigenvalue weighted by molar-refractivity contribution is -0.131. The molecule has 0 fully saturated rings. The molecule has 0 aliphatic carbocycles. The minimum atomic E-state index is -1.01. The van der Waals surface area contributed by atoms with E-state index in [1.165, 1.54) is 0 Å². The van der Waals surface area contributed by atoms with E-state index in [2.05, 4.69) is 27.9 Å². The van der Waals surface area contributed by atoms with Crippen LogP contribution in [-0.2, 0) is 9.53 Å². The highest BCUT2D eigenvalue weighted by molar-refractivity contribution is 14.1. The summed E-state index contributed by atoms with van der Waals surface area (Å²) >= 11 is 2.14. The summed E-state index contributed by atoms with van der Waals surface area (Å²) in [5.41, 5.74) is 0.536. The molecule has 0 aliphatic rings. The number of carbonyl (C=O) groups excluding carboxylic acids is 1. The number of allylic oxidation sites excluding steroid dienone is 1. The third kappa shape index (κ3) is 6.47. The summed E-state index contributed by atoms with van der Waals surface area (Å²) in [5.74, 6) is -0.974. The molecule has 33 heavy (non-hydrogen) atoms. The number of phenolic OH excluding ortho intramolecular Hbond substituents is 1. The van der Waals surface area contributed by atoms with Gasteiger partial charge in [-0.1, -0.05) is 56.3 Å². The van der Waals surface area contributed by atoms with Crippen LogP contribution in [0.15, 0.2) is 72.8 Å². The van der Waals surface area contributed by atoms with Crippen molar-refractivity contribution < 1.29 is 24.5 Å². The van der Waals surface area contributed by atoms with Gasteiger partial charge in [0.2, 0.25) is 0 Å². The van der Waals surface area contributed by atoms with Crippen LogP contribution in [0.4, 0.5) is 10.5 Å². The van der Waals surface area contributed by atoms with Gasteiger partial charge in [-0.3, -0.25) is 5.32 Å². The first-order valence-electron chi connectivity index (χ1n) is 10.5. The van der Waals surface area contributed by atoms with Crippen LogP contribution in [0.1, 0.15) is 38.4 Å². The summed E-state index contributed by atoms with van der Waals surface area (Å²) in [4.78, 5) is 23.8. The SMILES string of the molecule is CC(C)(CC/C=C/C(=O)O)[C@@H](OC(=O)Nc1cccc2ccccc12)c1cc(I)ccc1O. The average Bonchev–Trinajstić information content (AvgIpc) is 2.77. The van der Waals surface area contributed by atoms with Gasteiger partial charge in [-0.25, -0.2) is 9.59 Å². The monoisotopic (exact) mass is 559 g/mol. The van der Waals surface area contributed by atoms with Gasteiger partial charge in [0.05, 0.1) is 5.69 Å². The number of carbonyl (C=O) groups is 2. The number of phenols is 1.